The van der Waals surface area contributed by atoms with E-state index < -0.39 is 0 Å². The van der Waals surface area contributed by atoms with E-state index in [2.05, 4.69) is 39.8 Å². The first-order chi connectivity index (χ1) is 9.17. The zero-order valence-electron chi connectivity index (χ0n) is 11.1. The van der Waals surface area contributed by atoms with Crippen LogP contribution in [0.1, 0.15) is 22.0 Å². The maximum atomic E-state index is 8.66. The van der Waals surface area contributed by atoms with Gasteiger partial charge in [0, 0.05) is 34.3 Å². The molecule has 19 heavy (non-hydrogen) atoms. The fraction of sp³-hybridized carbons (Fsp3) is 0.357. The van der Waals surface area contributed by atoms with Crippen LogP contribution in [0, 0.1) is 18.8 Å². The van der Waals surface area contributed by atoms with Gasteiger partial charge < -0.3 is 10.1 Å². The van der Waals surface area contributed by atoms with Crippen LogP contribution in [0.4, 0.5) is 0 Å². The summed E-state index contributed by atoms with van der Waals surface area (Å²) < 4.78 is 0. The van der Waals surface area contributed by atoms with Crippen LogP contribution >= 0.6 is 11.3 Å². The van der Waals surface area contributed by atoms with Gasteiger partial charge in [-0.1, -0.05) is 11.8 Å². The van der Waals surface area contributed by atoms with Crippen molar-refractivity contribution in [1.82, 2.24) is 14.9 Å². The Hall–Kier alpha value is -1.61. The van der Waals surface area contributed by atoms with Gasteiger partial charge in [-0.3, -0.25) is 4.90 Å². The summed E-state index contributed by atoms with van der Waals surface area (Å²) in [6.45, 7) is 3.57. The number of aliphatic hydroxyl groups is 1. The monoisotopic (exact) mass is 275 g/mol. The molecule has 0 amide bonds. The maximum Gasteiger partial charge on any atom is 0.120 e. The first-order valence-corrected chi connectivity index (χ1v) is 6.91. The average molecular weight is 275 g/mol. The van der Waals surface area contributed by atoms with E-state index in [1.807, 2.05) is 18.5 Å². The van der Waals surface area contributed by atoms with Crippen molar-refractivity contribution >= 4 is 11.3 Å². The largest absolute Gasteiger partial charge is 0.384 e. The highest BCUT2D eigenvalue weighted by atomic mass is 32.1. The molecule has 0 aromatic carbocycles. The molecule has 0 radical (unpaired) electrons. The number of H-pyrrole nitrogens is 1. The van der Waals surface area contributed by atoms with Crippen molar-refractivity contribution in [1.29, 1.82) is 0 Å². The molecule has 0 atom stereocenters. The summed E-state index contributed by atoms with van der Waals surface area (Å²) >= 11 is 1.69. The number of nitrogens with zero attached hydrogens (tertiary/aromatic N) is 2. The van der Waals surface area contributed by atoms with Crippen molar-refractivity contribution in [2.45, 2.75) is 20.0 Å². The SMILES string of the molecule is Cc1cnc(CN(C)Cc2cc(C#CCO)cs2)[nH]1. The zero-order chi connectivity index (χ0) is 13.7. The first kappa shape index (κ1) is 13.8. The van der Waals surface area contributed by atoms with Crippen LogP contribution in [0.3, 0.4) is 0 Å². The third-order valence-corrected chi connectivity index (χ3v) is 3.49. The number of aromatic nitrogens is 2. The number of aromatic amines is 1. The molecule has 2 rings (SSSR count). The number of aliphatic hydroxyl groups excluding tert-OH is 1. The predicted octanol–water partition coefficient (Wildman–Crippen LogP) is 1.76. The van der Waals surface area contributed by atoms with Gasteiger partial charge in [-0.05, 0) is 20.0 Å². The van der Waals surface area contributed by atoms with E-state index in [1.54, 1.807) is 11.3 Å². The maximum absolute atomic E-state index is 8.66. The van der Waals surface area contributed by atoms with Crippen molar-refractivity contribution < 1.29 is 5.11 Å². The molecule has 2 N–H and O–H groups in total. The Bertz CT molecular complexity index is 591. The molecule has 0 unspecified atom stereocenters. The van der Waals surface area contributed by atoms with Gasteiger partial charge in [-0.15, -0.1) is 11.3 Å². The molecule has 4 nitrogen and oxygen atoms in total. The number of hydrogen-bond donors (Lipinski definition) is 2. The van der Waals surface area contributed by atoms with E-state index in [9.17, 15) is 0 Å². The molecule has 5 heteroatoms. The summed E-state index contributed by atoms with van der Waals surface area (Å²) in [6, 6.07) is 2.07. The topological polar surface area (TPSA) is 52.1 Å². The van der Waals surface area contributed by atoms with Gasteiger partial charge in [-0.25, -0.2) is 4.98 Å². The van der Waals surface area contributed by atoms with Crippen molar-refractivity contribution in [3.8, 4) is 11.8 Å². The number of rotatable bonds is 4. The van der Waals surface area contributed by atoms with E-state index in [1.165, 1.54) is 4.88 Å². The van der Waals surface area contributed by atoms with Crippen LogP contribution < -0.4 is 0 Å². The Morgan fingerprint density at radius 1 is 1.47 bits per heavy atom. The normalized spacial score (nSPS) is 10.5. The Morgan fingerprint density at radius 2 is 2.32 bits per heavy atom. The lowest BCUT2D eigenvalue weighted by atomic mass is 10.3. The highest BCUT2D eigenvalue weighted by Gasteiger charge is 2.06. The quantitative estimate of drug-likeness (QED) is 0.836. The van der Waals surface area contributed by atoms with Crippen molar-refractivity contribution in [3.63, 3.8) is 0 Å². The minimum atomic E-state index is -0.0943. The smallest absolute Gasteiger partial charge is 0.120 e. The summed E-state index contributed by atoms with van der Waals surface area (Å²) in [5.41, 5.74) is 2.05. The summed E-state index contributed by atoms with van der Waals surface area (Å²) in [4.78, 5) is 11.0. The summed E-state index contributed by atoms with van der Waals surface area (Å²) in [5, 5.41) is 10.7. The van der Waals surface area contributed by atoms with Crippen molar-refractivity contribution in [3.05, 3.63) is 39.6 Å². The fourth-order valence-corrected chi connectivity index (χ4v) is 2.69. The van der Waals surface area contributed by atoms with Crippen LogP contribution in [-0.2, 0) is 13.1 Å². The van der Waals surface area contributed by atoms with Gasteiger partial charge >= 0.3 is 0 Å². The second kappa shape index (κ2) is 6.53. The molecule has 2 aromatic rings. The molecule has 2 heterocycles. The molecule has 100 valence electrons. The molecule has 0 aliphatic heterocycles. The fourth-order valence-electron chi connectivity index (χ4n) is 1.80. The third-order valence-electron chi connectivity index (χ3n) is 2.57. The Labute approximate surface area is 117 Å². The van der Waals surface area contributed by atoms with Gasteiger partial charge in [0.25, 0.3) is 0 Å². The minimum absolute atomic E-state index is 0.0943. The van der Waals surface area contributed by atoms with E-state index in [0.717, 1.165) is 30.2 Å². The van der Waals surface area contributed by atoms with Gasteiger partial charge in [0.05, 0.1) is 6.54 Å². The molecule has 2 aromatic heterocycles. The number of thiophene rings is 1. The summed E-state index contributed by atoms with van der Waals surface area (Å²) in [7, 11) is 2.07. The average Bonchev–Trinajstić information content (AvgIpc) is 2.96. The van der Waals surface area contributed by atoms with E-state index in [-0.39, 0.29) is 6.61 Å². The summed E-state index contributed by atoms with van der Waals surface area (Å²) in [6.07, 6.45) is 1.84. The Morgan fingerprint density at radius 3 is 3.00 bits per heavy atom. The molecule has 0 saturated heterocycles. The zero-order valence-corrected chi connectivity index (χ0v) is 11.9. The molecular formula is C14H17N3OS. The van der Waals surface area contributed by atoms with Gasteiger partial charge in [0.1, 0.15) is 12.4 Å². The Balaban J connectivity index is 1.91. The lowest BCUT2D eigenvalue weighted by Crippen LogP contribution is -2.17. The van der Waals surface area contributed by atoms with Gasteiger partial charge in [0.15, 0.2) is 0 Å². The lowest BCUT2D eigenvalue weighted by Gasteiger charge is -2.13. The van der Waals surface area contributed by atoms with Crippen LogP contribution in [-0.4, -0.2) is 33.6 Å². The molecule has 0 saturated carbocycles. The predicted molar refractivity (Wildman–Crippen MR) is 76.8 cm³/mol. The van der Waals surface area contributed by atoms with Crippen LogP contribution in [0.5, 0.6) is 0 Å². The Kier molecular flexibility index (Phi) is 4.74. The highest BCUT2D eigenvalue weighted by Crippen LogP contribution is 2.16. The van der Waals surface area contributed by atoms with Gasteiger partial charge in [-0.2, -0.15) is 0 Å². The molecule has 0 aliphatic rings. The van der Waals surface area contributed by atoms with E-state index >= 15 is 0 Å². The standard InChI is InChI=1S/C14H17N3OS/c1-11-7-15-14(16-11)9-17(2)8-13-6-12(10-19-13)4-3-5-18/h6-7,10,18H,5,8-9H2,1-2H3,(H,15,16). The van der Waals surface area contributed by atoms with Crippen LogP contribution in [0.2, 0.25) is 0 Å². The van der Waals surface area contributed by atoms with Gasteiger partial charge in [0.2, 0.25) is 0 Å². The van der Waals surface area contributed by atoms with Crippen LogP contribution in [0.15, 0.2) is 17.6 Å². The number of hydrogen-bond acceptors (Lipinski definition) is 4. The lowest BCUT2D eigenvalue weighted by molar-refractivity contribution is 0.314. The highest BCUT2D eigenvalue weighted by molar-refractivity contribution is 7.10. The van der Waals surface area contributed by atoms with Crippen molar-refractivity contribution in [2.75, 3.05) is 13.7 Å². The van der Waals surface area contributed by atoms with Crippen LogP contribution in [0.25, 0.3) is 0 Å². The van der Waals surface area contributed by atoms with E-state index in [4.69, 9.17) is 5.11 Å². The number of imidazole rings is 1. The second-order valence-corrected chi connectivity index (χ2v) is 5.44. The molecule has 0 fully saturated rings. The molecule has 0 bridgehead atoms. The first-order valence-electron chi connectivity index (χ1n) is 6.03. The van der Waals surface area contributed by atoms with E-state index in [0.29, 0.717) is 0 Å². The summed E-state index contributed by atoms with van der Waals surface area (Å²) in [5.74, 6) is 6.55. The molecule has 0 spiro atoms. The third kappa shape index (κ3) is 4.21. The molecular weight excluding hydrogens is 258 g/mol. The number of nitrogens with one attached hydrogen (secondary N) is 1. The van der Waals surface area contributed by atoms with Crippen molar-refractivity contribution in [2.24, 2.45) is 0 Å². The minimum Gasteiger partial charge on any atom is -0.384 e. The second-order valence-electron chi connectivity index (χ2n) is 4.45. The number of aryl methyl sites for hydroxylation is 1. The molecule has 0 aliphatic carbocycles.